The molecule has 12 rings (SSSR count). The van der Waals surface area contributed by atoms with E-state index >= 15 is 0 Å². The molecule has 64 heavy (non-hydrogen) atoms. The molecular weight excluding hydrogens is 771 g/mol. The van der Waals surface area contributed by atoms with Gasteiger partial charge in [-0.3, -0.25) is 0 Å². The van der Waals surface area contributed by atoms with Crippen LogP contribution in [0.1, 0.15) is 65.8 Å². The van der Waals surface area contributed by atoms with Gasteiger partial charge in [0, 0.05) is 28.8 Å². The zero-order valence-corrected chi connectivity index (χ0v) is 36.2. The van der Waals surface area contributed by atoms with E-state index in [1.165, 1.54) is 110 Å². The van der Waals surface area contributed by atoms with E-state index in [0.717, 1.165) is 5.69 Å². The molecule has 1 nitrogen and oxygen atoms in total. The predicted octanol–water partition coefficient (Wildman–Crippen LogP) is 16.6. The Kier molecular flexibility index (Phi) is 9.71. The van der Waals surface area contributed by atoms with Crippen molar-refractivity contribution < 1.29 is 0 Å². The van der Waals surface area contributed by atoms with Crippen LogP contribution in [-0.2, 0) is 5.41 Å². The van der Waals surface area contributed by atoms with Crippen LogP contribution in [0, 0.1) is 11.8 Å². The maximum atomic E-state index is 2.59. The molecule has 1 heteroatoms. The fourth-order valence-corrected chi connectivity index (χ4v) is 12.0. The molecule has 0 saturated heterocycles. The Morgan fingerprint density at radius 3 is 1.94 bits per heavy atom. The Labute approximate surface area is 378 Å². The molecule has 0 amide bonds. The molecule has 4 aliphatic carbocycles. The third-order valence-corrected chi connectivity index (χ3v) is 14.8. The first-order valence-corrected chi connectivity index (χ1v) is 23.4. The van der Waals surface area contributed by atoms with Crippen LogP contribution in [0.15, 0.2) is 242 Å². The molecule has 0 aliphatic heterocycles. The van der Waals surface area contributed by atoms with Gasteiger partial charge in [0.05, 0.1) is 11.1 Å². The van der Waals surface area contributed by atoms with Crippen molar-refractivity contribution in [3.8, 4) is 22.3 Å². The van der Waals surface area contributed by atoms with Crippen LogP contribution in [-0.4, -0.2) is 0 Å². The van der Waals surface area contributed by atoms with Gasteiger partial charge < -0.3 is 4.90 Å². The lowest BCUT2D eigenvalue weighted by Crippen LogP contribution is -2.28. The number of hydrogen-bond donors (Lipinski definition) is 0. The summed E-state index contributed by atoms with van der Waals surface area (Å²) in [5, 5.41) is 2.52. The highest BCUT2D eigenvalue weighted by molar-refractivity contribution is 5.98. The predicted molar refractivity (Wildman–Crippen MR) is 269 cm³/mol. The molecular formula is C63H51N. The average Bonchev–Trinajstić information content (AvgIpc) is 3.69. The Morgan fingerprint density at radius 1 is 0.484 bits per heavy atom. The molecule has 4 aliphatic rings. The van der Waals surface area contributed by atoms with Crippen molar-refractivity contribution in [2.45, 2.75) is 43.4 Å². The number of nitrogens with zero attached hydrogens (tertiary/aromatic N) is 1. The summed E-state index contributed by atoms with van der Waals surface area (Å²) in [7, 11) is 0. The summed E-state index contributed by atoms with van der Waals surface area (Å²) < 4.78 is 0. The highest BCUT2D eigenvalue weighted by Crippen LogP contribution is 2.60. The highest BCUT2D eigenvalue weighted by atomic mass is 15.1. The number of allylic oxidation sites excluding steroid dienone is 8. The van der Waals surface area contributed by atoms with Gasteiger partial charge in [0.2, 0.25) is 0 Å². The number of anilines is 3. The molecule has 0 N–H and O–H groups in total. The maximum Gasteiger partial charge on any atom is 0.0714 e. The van der Waals surface area contributed by atoms with Gasteiger partial charge in [0.15, 0.2) is 0 Å². The standard InChI is InChI=1S/C63H51N/c1-4-20-46(21-5-1)53-31-16-23-47-24-17-32-55(61(47)53)54-29-13-15-35-59(54)64(52-41-39-45(40-42-52)49-38-37-44-19-10-11-22-48(44)43-49)60-36-18-34-58-62(60)56-30-12-14-33-57(56)63(58,50-25-6-2-7-26-50)51-27-8-3-9-28-51/h2-3,6-19,22-43,46,55,61H,1,4-5,20-21H2. The molecule has 8 aromatic carbocycles. The quantitative estimate of drug-likeness (QED) is 0.148. The fourth-order valence-electron chi connectivity index (χ4n) is 12.0. The Morgan fingerprint density at radius 2 is 1.14 bits per heavy atom. The number of rotatable bonds is 8. The molecule has 0 heterocycles. The monoisotopic (exact) mass is 821 g/mol. The van der Waals surface area contributed by atoms with E-state index in [1.807, 2.05) is 0 Å². The van der Waals surface area contributed by atoms with Crippen molar-refractivity contribution in [3.05, 3.63) is 270 Å². The normalized spacial score (nSPS) is 18.4. The summed E-state index contributed by atoms with van der Waals surface area (Å²) in [6, 6.07) is 72.7. The third kappa shape index (κ3) is 6.28. The molecule has 1 fully saturated rings. The third-order valence-electron chi connectivity index (χ3n) is 14.8. The van der Waals surface area contributed by atoms with Crippen LogP contribution in [0.4, 0.5) is 17.1 Å². The van der Waals surface area contributed by atoms with Crippen LogP contribution in [0.25, 0.3) is 33.0 Å². The molecule has 1 saturated carbocycles. The van der Waals surface area contributed by atoms with E-state index in [0.29, 0.717) is 11.8 Å². The van der Waals surface area contributed by atoms with Gasteiger partial charge in [-0.1, -0.05) is 225 Å². The van der Waals surface area contributed by atoms with Crippen LogP contribution in [0.2, 0.25) is 0 Å². The smallest absolute Gasteiger partial charge is 0.0714 e. The number of benzene rings is 8. The molecule has 308 valence electrons. The van der Waals surface area contributed by atoms with Gasteiger partial charge in [-0.15, -0.1) is 0 Å². The SMILES string of the molecule is C1=CC2=CC=CC(c3ccccc3N(c3ccc(-c4ccc5ccccc5c4)cc3)c3cccc4c3-c3ccccc3C4(c3ccccc3)c3ccccc3)C2C(C2CCCCC2)=C1. The van der Waals surface area contributed by atoms with Crippen molar-refractivity contribution in [3.63, 3.8) is 0 Å². The number of fused-ring (bicyclic) bond motifs is 5. The van der Waals surface area contributed by atoms with E-state index in [2.05, 4.69) is 235 Å². The molecule has 0 aromatic heterocycles. The molecule has 0 radical (unpaired) electrons. The maximum absolute atomic E-state index is 2.59. The summed E-state index contributed by atoms with van der Waals surface area (Å²) in [6.07, 6.45) is 20.9. The average molecular weight is 822 g/mol. The van der Waals surface area contributed by atoms with E-state index < -0.39 is 5.41 Å². The van der Waals surface area contributed by atoms with Crippen LogP contribution < -0.4 is 4.90 Å². The van der Waals surface area contributed by atoms with Gasteiger partial charge in [-0.05, 0) is 110 Å². The van der Waals surface area contributed by atoms with Gasteiger partial charge in [0.25, 0.3) is 0 Å². The molecule has 0 spiro atoms. The van der Waals surface area contributed by atoms with Crippen LogP contribution >= 0.6 is 0 Å². The lowest BCUT2D eigenvalue weighted by Gasteiger charge is -2.39. The first-order chi connectivity index (χ1) is 31.8. The Bertz CT molecular complexity index is 3100. The van der Waals surface area contributed by atoms with Crippen LogP contribution in [0.3, 0.4) is 0 Å². The first kappa shape index (κ1) is 38.5. The minimum absolute atomic E-state index is 0.186. The van der Waals surface area contributed by atoms with Gasteiger partial charge in [0.1, 0.15) is 0 Å². The lowest BCUT2D eigenvalue weighted by molar-refractivity contribution is 0.373. The van der Waals surface area contributed by atoms with E-state index in [4.69, 9.17) is 0 Å². The van der Waals surface area contributed by atoms with Crippen molar-refractivity contribution >= 4 is 27.8 Å². The molecule has 2 unspecified atom stereocenters. The van der Waals surface area contributed by atoms with Gasteiger partial charge in [-0.25, -0.2) is 0 Å². The molecule has 0 bridgehead atoms. The zero-order valence-electron chi connectivity index (χ0n) is 36.2. The molecule has 8 aromatic rings. The Balaban J connectivity index is 1.08. The van der Waals surface area contributed by atoms with E-state index in [-0.39, 0.29) is 5.92 Å². The summed E-state index contributed by atoms with van der Waals surface area (Å²) in [4.78, 5) is 2.59. The van der Waals surface area contributed by atoms with Gasteiger partial charge >= 0.3 is 0 Å². The van der Waals surface area contributed by atoms with Gasteiger partial charge in [-0.2, -0.15) is 0 Å². The second kappa shape index (κ2) is 16.2. The highest BCUT2D eigenvalue weighted by Gasteiger charge is 2.47. The molecule has 2 atom stereocenters. The van der Waals surface area contributed by atoms with Crippen molar-refractivity contribution in [2.24, 2.45) is 11.8 Å². The largest absolute Gasteiger partial charge is 0.310 e. The number of hydrogen-bond acceptors (Lipinski definition) is 1. The summed E-state index contributed by atoms with van der Waals surface area (Å²) in [5.41, 5.74) is 17.6. The van der Waals surface area contributed by atoms with E-state index in [9.17, 15) is 0 Å². The van der Waals surface area contributed by atoms with Crippen molar-refractivity contribution in [1.82, 2.24) is 0 Å². The fraction of sp³-hybridized carbons (Fsp3) is 0.143. The van der Waals surface area contributed by atoms with Crippen molar-refractivity contribution in [1.29, 1.82) is 0 Å². The summed E-state index contributed by atoms with van der Waals surface area (Å²) in [5.74, 6) is 1.12. The minimum Gasteiger partial charge on any atom is -0.310 e. The lowest BCUT2D eigenvalue weighted by atomic mass is 9.66. The van der Waals surface area contributed by atoms with E-state index in [1.54, 1.807) is 5.57 Å². The Hall–Kier alpha value is -7.22. The summed E-state index contributed by atoms with van der Waals surface area (Å²) in [6.45, 7) is 0. The summed E-state index contributed by atoms with van der Waals surface area (Å²) >= 11 is 0. The topological polar surface area (TPSA) is 3.24 Å². The van der Waals surface area contributed by atoms with Crippen molar-refractivity contribution in [2.75, 3.05) is 4.90 Å². The first-order valence-electron chi connectivity index (χ1n) is 23.4. The second-order valence-corrected chi connectivity index (χ2v) is 18.1. The second-order valence-electron chi connectivity index (χ2n) is 18.1. The number of para-hydroxylation sites is 1. The minimum atomic E-state index is -0.504. The zero-order chi connectivity index (χ0) is 42.5. The van der Waals surface area contributed by atoms with Crippen LogP contribution in [0.5, 0.6) is 0 Å².